The minimum Gasteiger partial charge on any atom is -0.381 e. The molecule has 2 saturated heterocycles. The number of benzene rings is 1. The molecular weight excluding hydrogens is 425 g/mol. The van der Waals surface area contributed by atoms with Crippen LogP contribution < -0.4 is 4.90 Å². The van der Waals surface area contributed by atoms with Gasteiger partial charge in [0.1, 0.15) is 11.6 Å². The van der Waals surface area contributed by atoms with Gasteiger partial charge in [-0.2, -0.15) is 0 Å². The minimum atomic E-state index is -0.696. The van der Waals surface area contributed by atoms with Crippen LogP contribution >= 0.6 is 15.9 Å². The van der Waals surface area contributed by atoms with E-state index in [0.29, 0.717) is 39.1 Å². The molecular formula is C21H23BrFN3O2. The summed E-state index contributed by atoms with van der Waals surface area (Å²) in [5.74, 6) is 0.702. The number of pyridine rings is 1. The van der Waals surface area contributed by atoms with Crippen molar-refractivity contribution >= 4 is 27.7 Å². The van der Waals surface area contributed by atoms with E-state index in [4.69, 9.17) is 4.74 Å². The van der Waals surface area contributed by atoms with Gasteiger partial charge in [0.2, 0.25) is 5.91 Å². The molecule has 2 aromatic rings. The van der Waals surface area contributed by atoms with E-state index < -0.39 is 5.41 Å². The molecule has 0 unspecified atom stereocenters. The van der Waals surface area contributed by atoms with Gasteiger partial charge in [0.15, 0.2) is 0 Å². The lowest BCUT2D eigenvalue weighted by Gasteiger charge is -2.43. The number of carbonyl (C=O) groups is 1. The summed E-state index contributed by atoms with van der Waals surface area (Å²) in [6, 6.07) is 10.4. The second kappa shape index (κ2) is 8.17. The van der Waals surface area contributed by atoms with Gasteiger partial charge >= 0.3 is 0 Å². The molecule has 1 aromatic heterocycles. The number of halogens is 2. The number of ether oxygens (including phenoxy) is 1. The van der Waals surface area contributed by atoms with E-state index in [1.807, 2.05) is 23.1 Å². The molecule has 0 aliphatic carbocycles. The summed E-state index contributed by atoms with van der Waals surface area (Å²) in [6.45, 7) is 3.77. The first kappa shape index (κ1) is 19.3. The van der Waals surface area contributed by atoms with E-state index in [0.717, 1.165) is 28.9 Å². The Labute approximate surface area is 172 Å². The first-order valence-corrected chi connectivity index (χ1v) is 10.4. The van der Waals surface area contributed by atoms with E-state index in [2.05, 4.69) is 25.8 Å². The van der Waals surface area contributed by atoms with Crippen LogP contribution in [0.25, 0.3) is 0 Å². The summed E-state index contributed by atoms with van der Waals surface area (Å²) in [4.78, 5) is 22.1. The summed E-state index contributed by atoms with van der Waals surface area (Å²) in [6.07, 6.45) is 2.96. The molecule has 0 spiro atoms. The van der Waals surface area contributed by atoms with E-state index >= 15 is 0 Å². The second-order valence-electron chi connectivity index (χ2n) is 7.32. The number of anilines is 1. The molecule has 3 heterocycles. The molecule has 0 saturated carbocycles. The number of amides is 1. The summed E-state index contributed by atoms with van der Waals surface area (Å²) in [7, 11) is 0. The fourth-order valence-corrected chi connectivity index (χ4v) is 4.36. The Balaban J connectivity index is 1.51. The number of rotatable bonds is 3. The van der Waals surface area contributed by atoms with Gasteiger partial charge in [-0.05, 0) is 58.6 Å². The molecule has 148 valence electrons. The molecule has 0 atom stereocenters. The fraction of sp³-hybridized carbons (Fsp3) is 0.429. The maximum Gasteiger partial charge on any atom is 0.233 e. The van der Waals surface area contributed by atoms with Gasteiger partial charge < -0.3 is 14.5 Å². The van der Waals surface area contributed by atoms with Crippen LogP contribution in [0.3, 0.4) is 0 Å². The predicted octanol–water partition coefficient (Wildman–Crippen LogP) is 3.38. The number of hydrogen-bond donors (Lipinski definition) is 0. The Hall–Kier alpha value is -1.99. The van der Waals surface area contributed by atoms with Crippen molar-refractivity contribution < 1.29 is 13.9 Å². The van der Waals surface area contributed by atoms with Crippen molar-refractivity contribution in [1.82, 2.24) is 9.88 Å². The summed E-state index contributed by atoms with van der Waals surface area (Å²) in [5.41, 5.74) is 0.0658. The van der Waals surface area contributed by atoms with Crippen molar-refractivity contribution in [2.75, 3.05) is 44.3 Å². The topological polar surface area (TPSA) is 45.7 Å². The van der Waals surface area contributed by atoms with Crippen molar-refractivity contribution in [1.29, 1.82) is 0 Å². The van der Waals surface area contributed by atoms with Crippen LogP contribution in [0, 0.1) is 5.82 Å². The van der Waals surface area contributed by atoms with E-state index in [9.17, 15) is 9.18 Å². The average molecular weight is 448 g/mol. The average Bonchev–Trinajstić information content (AvgIpc) is 2.74. The second-order valence-corrected chi connectivity index (χ2v) is 8.23. The Bertz CT molecular complexity index is 832. The van der Waals surface area contributed by atoms with Crippen molar-refractivity contribution in [3.63, 3.8) is 0 Å². The highest BCUT2D eigenvalue weighted by atomic mass is 79.9. The molecule has 0 bridgehead atoms. The van der Waals surface area contributed by atoms with Crippen molar-refractivity contribution in [2.24, 2.45) is 0 Å². The number of hydrogen-bond acceptors (Lipinski definition) is 4. The molecule has 28 heavy (non-hydrogen) atoms. The first-order valence-electron chi connectivity index (χ1n) is 9.58. The fourth-order valence-electron chi connectivity index (χ4n) is 4.13. The third-order valence-corrected chi connectivity index (χ3v) is 6.20. The molecule has 0 N–H and O–H groups in total. The number of aromatic nitrogens is 1. The summed E-state index contributed by atoms with van der Waals surface area (Å²) in [5, 5.41) is 0. The maximum absolute atomic E-state index is 13.9. The molecule has 4 rings (SSSR count). The smallest absolute Gasteiger partial charge is 0.233 e. The van der Waals surface area contributed by atoms with Crippen molar-refractivity contribution in [3.05, 3.63) is 58.4 Å². The van der Waals surface area contributed by atoms with Crippen LogP contribution in [-0.4, -0.2) is 55.2 Å². The zero-order valence-electron chi connectivity index (χ0n) is 15.6. The molecule has 7 heteroatoms. The zero-order chi connectivity index (χ0) is 19.6. The first-order chi connectivity index (χ1) is 13.6. The van der Waals surface area contributed by atoms with Gasteiger partial charge in [-0.1, -0.05) is 12.1 Å². The monoisotopic (exact) mass is 447 g/mol. The number of carbonyl (C=O) groups excluding carboxylic acids is 1. The van der Waals surface area contributed by atoms with Crippen molar-refractivity contribution in [2.45, 2.75) is 18.3 Å². The highest BCUT2D eigenvalue weighted by molar-refractivity contribution is 9.10. The summed E-state index contributed by atoms with van der Waals surface area (Å²) >= 11 is 3.40. The lowest BCUT2D eigenvalue weighted by atomic mass is 9.73. The highest BCUT2D eigenvalue weighted by Gasteiger charge is 2.44. The van der Waals surface area contributed by atoms with Crippen LogP contribution in [0.15, 0.2) is 47.1 Å². The Morgan fingerprint density at radius 1 is 1.11 bits per heavy atom. The molecule has 5 nitrogen and oxygen atoms in total. The highest BCUT2D eigenvalue weighted by Crippen LogP contribution is 2.37. The Morgan fingerprint density at radius 2 is 1.86 bits per heavy atom. The quantitative estimate of drug-likeness (QED) is 0.723. The molecule has 1 amide bonds. The van der Waals surface area contributed by atoms with E-state index in [-0.39, 0.29) is 11.7 Å². The minimum absolute atomic E-state index is 0.0878. The molecule has 1 aromatic carbocycles. The summed E-state index contributed by atoms with van der Waals surface area (Å²) < 4.78 is 20.4. The molecule has 0 radical (unpaired) electrons. The van der Waals surface area contributed by atoms with Gasteiger partial charge in [0, 0.05) is 50.1 Å². The van der Waals surface area contributed by atoms with Crippen LogP contribution in [-0.2, 0) is 14.9 Å². The standard InChI is InChI=1S/C21H23BrFN3O2/c22-17-4-5-19(24-15-17)25-8-10-26(11-9-25)20(27)21(6-12-28-13-7-21)16-2-1-3-18(23)14-16/h1-5,14-15H,6-13H2. The Kier molecular flexibility index (Phi) is 5.64. The van der Waals surface area contributed by atoms with Crippen LogP contribution in [0.4, 0.5) is 10.2 Å². The molecule has 2 fully saturated rings. The number of piperazine rings is 1. The predicted molar refractivity (Wildman–Crippen MR) is 109 cm³/mol. The van der Waals surface area contributed by atoms with Crippen LogP contribution in [0.2, 0.25) is 0 Å². The SMILES string of the molecule is O=C(N1CCN(c2ccc(Br)cn2)CC1)C1(c2cccc(F)c2)CCOCC1. The van der Waals surface area contributed by atoms with Crippen LogP contribution in [0.1, 0.15) is 18.4 Å². The van der Waals surface area contributed by atoms with Gasteiger partial charge in [-0.3, -0.25) is 4.79 Å². The van der Waals surface area contributed by atoms with Gasteiger partial charge in [0.25, 0.3) is 0 Å². The zero-order valence-corrected chi connectivity index (χ0v) is 17.2. The lowest BCUT2D eigenvalue weighted by molar-refractivity contribution is -0.141. The largest absolute Gasteiger partial charge is 0.381 e. The van der Waals surface area contributed by atoms with Gasteiger partial charge in [-0.25, -0.2) is 9.37 Å². The molecule has 2 aliphatic heterocycles. The third kappa shape index (κ3) is 3.78. The lowest BCUT2D eigenvalue weighted by Crippen LogP contribution is -2.56. The van der Waals surface area contributed by atoms with Gasteiger partial charge in [0.05, 0.1) is 5.41 Å². The van der Waals surface area contributed by atoms with E-state index in [1.165, 1.54) is 12.1 Å². The van der Waals surface area contributed by atoms with E-state index in [1.54, 1.807) is 12.3 Å². The third-order valence-electron chi connectivity index (χ3n) is 5.74. The molecule has 2 aliphatic rings. The van der Waals surface area contributed by atoms with Crippen molar-refractivity contribution in [3.8, 4) is 0 Å². The normalized spacial score (nSPS) is 19.5. The Morgan fingerprint density at radius 3 is 2.50 bits per heavy atom. The number of nitrogens with zero attached hydrogens (tertiary/aromatic N) is 3. The van der Waals surface area contributed by atoms with Crippen LogP contribution in [0.5, 0.6) is 0 Å². The maximum atomic E-state index is 13.9. The van der Waals surface area contributed by atoms with Gasteiger partial charge in [-0.15, -0.1) is 0 Å².